The largest absolute Gasteiger partial charge is 0.457 e. The van der Waals surface area contributed by atoms with Crippen molar-refractivity contribution in [2.24, 2.45) is 0 Å². The van der Waals surface area contributed by atoms with E-state index in [4.69, 9.17) is 9.47 Å². The highest BCUT2D eigenvalue weighted by molar-refractivity contribution is 5.71. The van der Waals surface area contributed by atoms with Crippen LogP contribution in [0.3, 0.4) is 0 Å². The van der Waals surface area contributed by atoms with E-state index in [1.165, 1.54) is 16.7 Å². The highest BCUT2D eigenvalue weighted by Gasteiger charge is 2.23. The van der Waals surface area contributed by atoms with Crippen LogP contribution < -0.4 is 9.47 Å². The van der Waals surface area contributed by atoms with Crippen molar-refractivity contribution in [2.75, 3.05) is 0 Å². The SMILES string of the molecule is C1=C(c2cccc3c2Cc2ccccc2O3)Oc2ccccc2C1. The fourth-order valence-electron chi connectivity index (χ4n) is 3.43. The van der Waals surface area contributed by atoms with Gasteiger partial charge < -0.3 is 9.47 Å². The van der Waals surface area contributed by atoms with Crippen LogP contribution in [0.15, 0.2) is 72.8 Å². The number of ether oxygens (including phenoxy) is 2. The second-order valence-electron chi connectivity index (χ2n) is 6.15. The molecule has 2 heterocycles. The van der Waals surface area contributed by atoms with Crippen LogP contribution >= 0.6 is 0 Å². The van der Waals surface area contributed by atoms with Crippen molar-refractivity contribution in [1.82, 2.24) is 0 Å². The minimum atomic E-state index is 0.865. The molecule has 2 aliphatic heterocycles. The number of para-hydroxylation sites is 2. The second kappa shape index (κ2) is 5.27. The highest BCUT2D eigenvalue weighted by atomic mass is 16.5. The maximum atomic E-state index is 6.18. The summed E-state index contributed by atoms with van der Waals surface area (Å²) in [5.74, 6) is 3.75. The predicted molar refractivity (Wildman–Crippen MR) is 94.5 cm³/mol. The van der Waals surface area contributed by atoms with Crippen molar-refractivity contribution >= 4 is 5.76 Å². The fourth-order valence-corrected chi connectivity index (χ4v) is 3.43. The van der Waals surface area contributed by atoms with Crippen molar-refractivity contribution in [2.45, 2.75) is 12.8 Å². The van der Waals surface area contributed by atoms with Crippen molar-refractivity contribution < 1.29 is 9.47 Å². The fraction of sp³-hybridized carbons (Fsp3) is 0.0909. The van der Waals surface area contributed by atoms with Crippen LogP contribution in [0, 0.1) is 0 Å². The van der Waals surface area contributed by atoms with E-state index in [0.717, 1.165) is 41.4 Å². The van der Waals surface area contributed by atoms with Crippen LogP contribution in [0.4, 0.5) is 0 Å². The summed E-state index contributed by atoms with van der Waals surface area (Å²) >= 11 is 0. The lowest BCUT2D eigenvalue weighted by Gasteiger charge is -2.25. The van der Waals surface area contributed by atoms with E-state index in [1.807, 2.05) is 36.4 Å². The Morgan fingerprint density at radius 2 is 1.33 bits per heavy atom. The average molecular weight is 312 g/mol. The van der Waals surface area contributed by atoms with Crippen LogP contribution in [0.5, 0.6) is 17.2 Å². The first-order valence-corrected chi connectivity index (χ1v) is 8.22. The summed E-state index contributed by atoms with van der Waals surface area (Å²) in [6, 6.07) is 22.6. The van der Waals surface area contributed by atoms with E-state index in [1.54, 1.807) is 0 Å². The highest BCUT2D eigenvalue weighted by Crippen LogP contribution is 2.41. The Morgan fingerprint density at radius 1 is 0.625 bits per heavy atom. The van der Waals surface area contributed by atoms with E-state index in [0.29, 0.717) is 0 Å². The lowest BCUT2D eigenvalue weighted by atomic mass is 9.94. The second-order valence-corrected chi connectivity index (χ2v) is 6.15. The van der Waals surface area contributed by atoms with Gasteiger partial charge in [0.2, 0.25) is 0 Å². The maximum Gasteiger partial charge on any atom is 0.131 e. The summed E-state index contributed by atoms with van der Waals surface area (Å²) in [7, 11) is 0. The van der Waals surface area contributed by atoms with Crippen molar-refractivity contribution in [3.63, 3.8) is 0 Å². The van der Waals surface area contributed by atoms with Crippen molar-refractivity contribution in [3.8, 4) is 17.2 Å². The van der Waals surface area contributed by atoms with Gasteiger partial charge in [0.05, 0.1) is 0 Å². The summed E-state index contributed by atoms with van der Waals surface area (Å²) in [6.07, 6.45) is 3.93. The molecule has 3 aromatic carbocycles. The standard InChI is InChI=1S/C22H16O2/c1-3-9-19-15(6-1)12-13-22(23-19)17-8-5-11-21-18(17)14-16-7-2-4-10-20(16)24-21/h1-11,13H,12,14H2. The zero-order chi connectivity index (χ0) is 15.9. The molecule has 116 valence electrons. The lowest BCUT2D eigenvalue weighted by Crippen LogP contribution is -2.10. The van der Waals surface area contributed by atoms with Gasteiger partial charge in [-0.25, -0.2) is 0 Å². The third-order valence-corrected chi connectivity index (χ3v) is 4.66. The van der Waals surface area contributed by atoms with E-state index in [9.17, 15) is 0 Å². The molecule has 2 aliphatic rings. The summed E-state index contributed by atoms with van der Waals surface area (Å²) in [5.41, 5.74) is 4.76. The molecule has 0 N–H and O–H groups in total. The molecular formula is C22H16O2. The van der Waals surface area contributed by atoms with Gasteiger partial charge >= 0.3 is 0 Å². The topological polar surface area (TPSA) is 18.5 Å². The third-order valence-electron chi connectivity index (χ3n) is 4.66. The molecule has 0 saturated carbocycles. The Hall–Kier alpha value is -3.00. The number of hydrogen-bond donors (Lipinski definition) is 0. The van der Waals surface area contributed by atoms with Gasteiger partial charge in [-0.3, -0.25) is 0 Å². The molecular weight excluding hydrogens is 296 g/mol. The van der Waals surface area contributed by atoms with Crippen LogP contribution in [-0.4, -0.2) is 0 Å². The third kappa shape index (κ3) is 2.11. The first-order valence-electron chi connectivity index (χ1n) is 8.22. The summed E-state index contributed by atoms with van der Waals surface area (Å²) < 4.78 is 12.3. The zero-order valence-corrected chi connectivity index (χ0v) is 13.2. The van der Waals surface area contributed by atoms with Crippen molar-refractivity contribution in [3.05, 3.63) is 95.1 Å². The molecule has 0 aliphatic carbocycles. The predicted octanol–water partition coefficient (Wildman–Crippen LogP) is 5.36. The monoisotopic (exact) mass is 312 g/mol. The first kappa shape index (κ1) is 13.4. The van der Waals surface area contributed by atoms with Gasteiger partial charge in [0.15, 0.2) is 0 Å². The first-order chi connectivity index (χ1) is 11.9. The van der Waals surface area contributed by atoms with Crippen LogP contribution in [0.1, 0.15) is 22.3 Å². The molecule has 0 radical (unpaired) electrons. The van der Waals surface area contributed by atoms with E-state index in [2.05, 4.69) is 36.4 Å². The molecule has 0 aromatic heterocycles. The lowest BCUT2D eigenvalue weighted by molar-refractivity contribution is 0.456. The maximum absolute atomic E-state index is 6.18. The van der Waals surface area contributed by atoms with E-state index >= 15 is 0 Å². The van der Waals surface area contributed by atoms with Gasteiger partial charge in [0.25, 0.3) is 0 Å². The van der Waals surface area contributed by atoms with Crippen LogP contribution in [0.25, 0.3) is 5.76 Å². The van der Waals surface area contributed by atoms with Gasteiger partial charge in [0, 0.05) is 17.5 Å². The summed E-state index contributed by atoms with van der Waals surface area (Å²) in [5, 5.41) is 0. The zero-order valence-electron chi connectivity index (χ0n) is 13.2. The van der Waals surface area contributed by atoms with Crippen LogP contribution in [0.2, 0.25) is 0 Å². The Balaban J connectivity index is 1.57. The van der Waals surface area contributed by atoms with Crippen LogP contribution in [-0.2, 0) is 12.8 Å². The molecule has 0 amide bonds. The molecule has 3 aromatic rings. The number of hydrogen-bond acceptors (Lipinski definition) is 2. The van der Waals surface area contributed by atoms with Gasteiger partial charge in [-0.15, -0.1) is 0 Å². The van der Waals surface area contributed by atoms with E-state index < -0.39 is 0 Å². The molecule has 2 heteroatoms. The Kier molecular flexibility index (Phi) is 2.95. The molecule has 0 unspecified atom stereocenters. The smallest absolute Gasteiger partial charge is 0.131 e. The van der Waals surface area contributed by atoms with Gasteiger partial charge in [-0.05, 0) is 41.8 Å². The number of fused-ring (bicyclic) bond motifs is 3. The average Bonchev–Trinajstić information content (AvgIpc) is 2.65. The Labute approximate surface area is 141 Å². The van der Waals surface area contributed by atoms with E-state index in [-0.39, 0.29) is 0 Å². The molecule has 0 spiro atoms. The van der Waals surface area contributed by atoms with Gasteiger partial charge in [0.1, 0.15) is 23.0 Å². The Bertz CT molecular complexity index is 969. The molecule has 24 heavy (non-hydrogen) atoms. The van der Waals surface area contributed by atoms with Gasteiger partial charge in [-0.1, -0.05) is 48.5 Å². The number of benzene rings is 3. The molecule has 0 saturated heterocycles. The van der Waals surface area contributed by atoms with Gasteiger partial charge in [-0.2, -0.15) is 0 Å². The quantitative estimate of drug-likeness (QED) is 0.471. The normalized spacial score (nSPS) is 14.4. The minimum absolute atomic E-state index is 0.865. The van der Waals surface area contributed by atoms with Crippen molar-refractivity contribution in [1.29, 1.82) is 0 Å². The molecule has 0 atom stereocenters. The molecule has 0 bridgehead atoms. The summed E-state index contributed by atoms with van der Waals surface area (Å²) in [6.45, 7) is 0. The molecule has 5 rings (SSSR count). The minimum Gasteiger partial charge on any atom is -0.457 e. The number of allylic oxidation sites excluding steroid dienone is 1. The molecule has 0 fully saturated rings. The Morgan fingerprint density at radius 3 is 2.21 bits per heavy atom. The summed E-state index contributed by atoms with van der Waals surface area (Å²) in [4.78, 5) is 0. The number of rotatable bonds is 1. The molecule has 2 nitrogen and oxygen atoms in total.